The van der Waals surface area contributed by atoms with Gasteiger partial charge in [0.05, 0.1) is 6.61 Å². The molecule has 1 N–H and O–H groups in total. The minimum atomic E-state index is -0.110. The van der Waals surface area contributed by atoms with Crippen molar-refractivity contribution in [1.82, 2.24) is 5.32 Å². The van der Waals surface area contributed by atoms with Gasteiger partial charge in [0.25, 0.3) is 0 Å². The second-order valence-corrected chi connectivity index (χ2v) is 5.71. The maximum absolute atomic E-state index is 13.8. The van der Waals surface area contributed by atoms with Gasteiger partial charge < -0.3 is 10.1 Å². The van der Waals surface area contributed by atoms with Crippen molar-refractivity contribution in [3.8, 4) is 0 Å². The highest BCUT2D eigenvalue weighted by Crippen LogP contribution is 2.20. The summed E-state index contributed by atoms with van der Waals surface area (Å²) in [6.45, 7) is 4.63. The number of hydrogen-bond donors (Lipinski definition) is 1. The molecule has 0 aromatic heterocycles. The third kappa shape index (κ3) is 6.50. The summed E-state index contributed by atoms with van der Waals surface area (Å²) in [5.74, 6) is 0.354. The van der Waals surface area contributed by atoms with E-state index in [1.54, 1.807) is 13.2 Å². The molecule has 0 fully saturated rings. The molecular weight excluding hydrogens is 309 g/mol. The molecule has 2 nitrogen and oxygen atoms in total. The van der Waals surface area contributed by atoms with Crippen LogP contribution in [-0.2, 0) is 11.2 Å². The zero-order valence-corrected chi connectivity index (χ0v) is 13.3. The highest BCUT2D eigenvalue weighted by molar-refractivity contribution is 9.10. The normalized spacial score (nSPS) is 12.6. The second kappa shape index (κ2) is 9.45. The molecule has 0 aliphatic heterocycles. The second-order valence-electron chi connectivity index (χ2n) is 4.79. The molecule has 0 saturated carbocycles. The van der Waals surface area contributed by atoms with Crippen LogP contribution in [0.15, 0.2) is 22.7 Å². The molecule has 0 spiro atoms. The van der Waals surface area contributed by atoms with Crippen LogP contribution in [0.4, 0.5) is 4.39 Å². The van der Waals surface area contributed by atoms with E-state index in [1.165, 1.54) is 6.07 Å². The van der Waals surface area contributed by atoms with Gasteiger partial charge in [0.15, 0.2) is 0 Å². The number of benzene rings is 1. The molecule has 1 aromatic carbocycles. The first kappa shape index (κ1) is 16.6. The molecule has 0 bridgehead atoms. The van der Waals surface area contributed by atoms with Crippen LogP contribution in [0.2, 0.25) is 0 Å². The van der Waals surface area contributed by atoms with Crippen molar-refractivity contribution >= 4 is 15.9 Å². The highest BCUT2D eigenvalue weighted by Gasteiger charge is 2.12. The molecule has 1 unspecified atom stereocenters. The van der Waals surface area contributed by atoms with Crippen LogP contribution in [0.5, 0.6) is 0 Å². The third-order valence-corrected chi connectivity index (χ3v) is 3.62. The summed E-state index contributed by atoms with van der Waals surface area (Å²) in [4.78, 5) is 0. The molecule has 0 saturated heterocycles. The molecule has 1 aromatic rings. The summed E-state index contributed by atoms with van der Waals surface area (Å²) in [7, 11) is 1.70. The summed E-state index contributed by atoms with van der Waals surface area (Å²) in [6, 6.07) is 5.15. The van der Waals surface area contributed by atoms with Gasteiger partial charge >= 0.3 is 0 Å². The lowest BCUT2D eigenvalue weighted by Gasteiger charge is -2.17. The van der Waals surface area contributed by atoms with E-state index in [-0.39, 0.29) is 5.82 Å². The zero-order chi connectivity index (χ0) is 14.1. The first-order valence-electron chi connectivity index (χ1n) is 6.81. The Morgan fingerprint density at radius 3 is 2.89 bits per heavy atom. The highest BCUT2D eigenvalue weighted by atomic mass is 79.9. The van der Waals surface area contributed by atoms with Gasteiger partial charge in [-0.1, -0.05) is 29.3 Å². The molecule has 4 heteroatoms. The molecule has 108 valence electrons. The van der Waals surface area contributed by atoms with Crippen molar-refractivity contribution in [1.29, 1.82) is 0 Å². The van der Waals surface area contributed by atoms with E-state index in [0.29, 0.717) is 12.5 Å². The van der Waals surface area contributed by atoms with E-state index in [0.717, 1.165) is 42.4 Å². The minimum Gasteiger partial charge on any atom is -0.383 e. The SMILES string of the molecule is CCCC(CNCCOC)Cc1cc(Br)ccc1F. The number of ether oxygens (including phenoxy) is 1. The van der Waals surface area contributed by atoms with E-state index in [9.17, 15) is 4.39 Å². The molecule has 19 heavy (non-hydrogen) atoms. The van der Waals surface area contributed by atoms with E-state index >= 15 is 0 Å². The fourth-order valence-corrected chi connectivity index (χ4v) is 2.58. The molecule has 0 heterocycles. The van der Waals surface area contributed by atoms with Crippen molar-refractivity contribution in [3.63, 3.8) is 0 Å². The van der Waals surface area contributed by atoms with Gasteiger partial charge in [-0.05, 0) is 49.1 Å². The molecule has 0 aliphatic carbocycles. The number of rotatable bonds is 9. The molecule has 1 atom stereocenters. The van der Waals surface area contributed by atoms with Crippen LogP contribution in [0, 0.1) is 11.7 Å². The lowest BCUT2D eigenvalue weighted by atomic mass is 9.94. The van der Waals surface area contributed by atoms with Crippen LogP contribution < -0.4 is 5.32 Å². The van der Waals surface area contributed by atoms with Crippen molar-refractivity contribution in [2.45, 2.75) is 26.2 Å². The zero-order valence-electron chi connectivity index (χ0n) is 11.7. The number of hydrogen-bond acceptors (Lipinski definition) is 2. The fourth-order valence-electron chi connectivity index (χ4n) is 2.18. The predicted octanol–water partition coefficient (Wildman–Crippen LogP) is 3.78. The first-order chi connectivity index (χ1) is 9.17. The van der Waals surface area contributed by atoms with Crippen LogP contribution >= 0.6 is 15.9 Å². The topological polar surface area (TPSA) is 21.3 Å². The van der Waals surface area contributed by atoms with Crippen LogP contribution in [-0.4, -0.2) is 26.8 Å². The van der Waals surface area contributed by atoms with Crippen LogP contribution in [0.25, 0.3) is 0 Å². The Morgan fingerprint density at radius 2 is 2.21 bits per heavy atom. The standard InChI is InChI=1S/C15H23BrFNO/c1-3-4-12(11-18-7-8-19-2)9-13-10-14(16)5-6-15(13)17/h5-6,10,12,18H,3-4,7-9,11H2,1-2H3. The maximum atomic E-state index is 13.8. The molecule has 0 aliphatic rings. The van der Waals surface area contributed by atoms with E-state index < -0.39 is 0 Å². The lowest BCUT2D eigenvalue weighted by molar-refractivity contribution is 0.197. The maximum Gasteiger partial charge on any atom is 0.126 e. The Balaban J connectivity index is 2.54. The Labute approximate surface area is 123 Å². The van der Waals surface area contributed by atoms with Gasteiger partial charge in [0.2, 0.25) is 0 Å². The predicted molar refractivity (Wildman–Crippen MR) is 80.9 cm³/mol. The van der Waals surface area contributed by atoms with E-state index in [4.69, 9.17) is 4.74 Å². The lowest BCUT2D eigenvalue weighted by Crippen LogP contribution is -2.27. The van der Waals surface area contributed by atoms with Crippen molar-refractivity contribution < 1.29 is 9.13 Å². The Hall–Kier alpha value is -0.450. The molecule has 0 amide bonds. The van der Waals surface area contributed by atoms with Gasteiger partial charge in [-0.2, -0.15) is 0 Å². The summed E-state index contributed by atoms with van der Waals surface area (Å²) < 4.78 is 19.7. The van der Waals surface area contributed by atoms with Crippen molar-refractivity contribution in [3.05, 3.63) is 34.1 Å². The van der Waals surface area contributed by atoms with Crippen molar-refractivity contribution in [2.75, 3.05) is 26.8 Å². The Bertz CT molecular complexity index is 373. The van der Waals surface area contributed by atoms with Gasteiger partial charge in [-0.3, -0.25) is 0 Å². The summed E-state index contributed by atoms with van der Waals surface area (Å²) in [5.41, 5.74) is 0.793. The monoisotopic (exact) mass is 331 g/mol. The smallest absolute Gasteiger partial charge is 0.126 e. The van der Waals surface area contributed by atoms with Gasteiger partial charge in [-0.25, -0.2) is 4.39 Å². The van der Waals surface area contributed by atoms with Crippen LogP contribution in [0.3, 0.4) is 0 Å². The third-order valence-electron chi connectivity index (χ3n) is 3.13. The van der Waals surface area contributed by atoms with Gasteiger partial charge in [-0.15, -0.1) is 0 Å². The van der Waals surface area contributed by atoms with E-state index in [1.807, 2.05) is 6.07 Å². The largest absolute Gasteiger partial charge is 0.383 e. The average Bonchev–Trinajstić information content (AvgIpc) is 2.39. The molecule has 1 rings (SSSR count). The Kier molecular flexibility index (Phi) is 8.26. The van der Waals surface area contributed by atoms with Gasteiger partial charge in [0.1, 0.15) is 5.82 Å². The Morgan fingerprint density at radius 1 is 1.42 bits per heavy atom. The first-order valence-corrected chi connectivity index (χ1v) is 7.60. The fraction of sp³-hybridized carbons (Fsp3) is 0.600. The average molecular weight is 332 g/mol. The minimum absolute atomic E-state index is 0.110. The quantitative estimate of drug-likeness (QED) is 0.695. The number of methoxy groups -OCH3 is 1. The number of halogens is 2. The summed E-state index contributed by atoms with van der Waals surface area (Å²) >= 11 is 3.40. The molecule has 0 radical (unpaired) electrons. The number of nitrogens with one attached hydrogen (secondary N) is 1. The molecular formula is C15H23BrFNO. The summed E-state index contributed by atoms with van der Waals surface area (Å²) in [6.07, 6.45) is 3.00. The van der Waals surface area contributed by atoms with E-state index in [2.05, 4.69) is 28.2 Å². The van der Waals surface area contributed by atoms with Gasteiger partial charge in [0, 0.05) is 18.1 Å². The summed E-state index contributed by atoms with van der Waals surface area (Å²) in [5, 5.41) is 3.37. The van der Waals surface area contributed by atoms with Crippen molar-refractivity contribution in [2.24, 2.45) is 5.92 Å². The van der Waals surface area contributed by atoms with Crippen LogP contribution in [0.1, 0.15) is 25.3 Å².